The van der Waals surface area contributed by atoms with Crippen molar-refractivity contribution in [2.45, 2.75) is 26.4 Å². The van der Waals surface area contributed by atoms with Crippen molar-refractivity contribution in [2.75, 3.05) is 7.11 Å². The molecule has 1 amide bonds. The molecule has 4 rings (SSSR count). The molecule has 2 heterocycles. The number of aromatic nitrogens is 4. The molecule has 0 aliphatic rings. The Bertz CT molecular complexity index is 1270. The van der Waals surface area contributed by atoms with Gasteiger partial charge in [-0.3, -0.25) is 9.59 Å². The van der Waals surface area contributed by atoms with Crippen LogP contribution >= 0.6 is 0 Å². The van der Waals surface area contributed by atoms with Gasteiger partial charge in [0, 0.05) is 17.7 Å². The van der Waals surface area contributed by atoms with Gasteiger partial charge in [-0.15, -0.1) is 0 Å². The molecule has 0 atom stereocenters. The van der Waals surface area contributed by atoms with Crippen molar-refractivity contribution in [3.8, 4) is 17.0 Å². The van der Waals surface area contributed by atoms with E-state index < -0.39 is 0 Å². The molecule has 31 heavy (non-hydrogen) atoms. The van der Waals surface area contributed by atoms with Crippen LogP contribution in [0.4, 0.5) is 0 Å². The zero-order valence-electron chi connectivity index (χ0n) is 17.4. The highest BCUT2D eigenvalue weighted by Gasteiger charge is 2.13. The van der Waals surface area contributed by atoms with Crippen LogP contribution in [0.3, 0.4) is 0 Å². The molecule has 4 aromatic rings. The highest BCUT2D eigenvalue weighted by Crippen LogP contribution is 2.19. The van der Waals surface area contributed by atoms with E-state index >= 15 is 0 Å². The first-order chi connectivity index (χ1) is 15.1. The quantitative estimate of drug-likeness (QED) is 0.499. The van der Waals surface area contributed by atoms with Crippen LogP contribution in [0.15, 0.2) is 65.7 Å². The molecule has 158 valence electrons. The van der Waals surface area contributed by atoms with E-state index in [1.54, 1.807) is 13.2 Å². The molecule has 1 N–H and O–H groups in total. The summed E-state index contributed by atoms with van der Waals surface area (Å²) >= 11 is 0. The molecule has 0 unspecified atom stereocenters. The van der Waals surface area contributed by atoms with Gasteiger partial charge in [-0.2, -0.15) is 10.2 Å². The predicted molar refractivity (Wildman–Crippen MR) is 117 cm³/mol. The fourth-order valence-electron chi connectivity index (χ4n) is 3.34. The summed E-state index contributed by atoms with van der Waals surface area (Å²) in [6.07, 6.45) is 2.40. The number of carbonyl (C=O) groups excluding carboxylic acids is 1. The summed E-state index contributed by atoms with van der Waals surface area (Å²) in [5.74, 6) is 0.373. The van der Waals surface area contributed by atoms with Crippen LogP contribution in [0.1, 0.15) is 18.1 Å². The maximum Gasteiger partial charge on any atom is 0.293 e. The summed E-state index contributed by atoms with van der Waals surface area (Å²) in [6.45, 7) is 2.21. The molecular formula is C23H23N5O3. The third-order valence-corrected chi connectivity index (χ3v) is 5.11. The van der Waals surface area contributed by atoms with Crippen LogP contribution < -0.4 is 15.6 Å². The molecule has 2 aromatic carbocycles. The standard InChI is InChI=1S/C23H23N5O3/c1-3-16-8-10-17(11-9-16)19-12-20-23(30)27(25-15-28(20)26-19)14-22(29)24-13-18-6-4-5-7-21(18)31-2/h4-12,15H,3,13-14H2,1-2H3,(H,24,29). The summed E-state index contributed by atoms with van der Waals surface area (Å²) in [6, 6.07) is 17.2. The lowest BCUT2D eigenvalue weighted by molar-refractivity contribution is -0.122. The molecule has 0 bridgehead atoms. The van der Waals surface area contributed by atoms with Crippen LogP contribution in [-0.2, 0) is 24.3 Å². The average molecular weight is 417 g/mol. The highest BCUT2D eigenvalue weighted by molar-refractivity contribution is 5.75. The lowest BCUT2D eigenvalue weighted by atomic mass is 10.1. The number of methoxy groups -OCH3 is 1. The first kappa shape index (κ1) is 20.3. The summed E-state index contributed by atoms with van der Waals surface area (Å²) in [5.41, 5.74) is 3.67. The summed E-state index contributed by atoms with van der Waals surface area (Å²) in [7, 11) is 1.58. The zero-order valence-corrected chi connectivity index (χ0v) is 17.4. The smallest absolute Gasteiger partial charge is 0.293 e. The van der Waals surface area contributed by atoms with E-state index in [1.165, 1.54) is 16.4 Å². The number of nitrogens with zero attached hydrogens (tertiary/aromatic N) is 4. The van der Waals surface area contributed by atoms with Crippen molar-refractivity contribution < 1.29 is 9.53 Å². The number of aryl methyl sites for hydroxylation is 1. The minimum absolute atomic E-state index is 0.184. The van der Waals surface area contributed by atoms with Gasteiger partial charge >= 0.3 is 0 Å². The second-order valence-corrected chi connectivity index (χ2v) is 7.09. The molecule has 0 saturated heterocycles. The summed E-state index contributed by atoms with van der Waals surface area (Å²) < 4.78 is 7.86. The Morgan fingerprint density at radius 2 is 1.90 bits per heavy atom. The maximum absolute atomic E-state index is 12.8. The Hall–Kier alpha value is -3.94. The van der Waals surface area contributed by atoms with Crippen LogP contribution in [-0.4, -0.2) is 32.4 Å². The van der Waals surface area contributed by atoms with E-state index in [1.807, 2.05) is 48.5 Å². The fourth-order valence-corrected chi connectivity index (χ4v) is 3.34. The van der Waals surface area contributed by atoms with Crippen molar-refractivity contribution in [1.82, 2.24) is 24.7 Å². The molecule has 8 heteroatoms. The van der Waals surface area contributed by atoms with Crippen LogP contribution in [0.25, 0.3) is 16.8 Å². The maximum atomic E-state index is 12.8. The van der Waals surface area contributed by atoms with E-state index in [9.17, 15) is 9.59 Å². The van der Waals surface area contributed by atoms with Crippen molar-refractivity contribution in [3.63, 3.8) is 0 Å². The first-order valence-electron chi connectivity index (χ1n) is 10.0. The Morgan fingerprint density at radius 1 is 1.13 bits per heavy atom. The molecular weight excluding hydrogens is 394 g/mol. The molecule has 0 radical (unpaired) electrons. The van der Waals surface area contributed by atoms with Crippen molar-refractivity contribution in [2.24, 2.45) is 0 Å². The lowest BCUT2D eigenvalue weighted by Gasteiger charge is -2.10. The van der Waals surface area contributed by atoms with Gasteiger partial charge in [-0.1, -0.05) is 49.4 Å². The van der Waals surface area contributed by atoms with Gasteiger partial charge in [0.15, 0.2) is 0 Å². The summed E-state index contributed by atoms with van der Waals surface area (Å²) in [5, 5.41) is 11.3. The van der Waals surface area contributed by atoms with Crippen molar-refractivity contribution in [1.29, 1.82) is 0 Å². The molecule has 8 nitrogen and oxygen atoms in total. The zero-order chi connectivity index (χ0) is 21.8. The van der Waals surface area contributed by atoms with Crippen LogP contribution in [0.2, 0.25) is 0 Å². The van der Waals surface area contributed by atoms with E-state index in [0.29, 0.717) is 23.5 Å². The van der Waals surface area contributed by atoms with Gasteiger partial charge in [0.25, 0.3) is 5.56 Å². The topological polar surface area (TPSA) is 90.5 Å². The summed E-state index contributed by atoms with van der Waals surface area (Å²) in [4.78, 5) is 25.2. The minimum Gasteiger partial charge on any atom is -0.496 e. The predicted octanol–water partition coefficient (Wildman–Crippen LogP) is 2.45. The van der Waals surface area contributed by atoms with E-state index in [4.69, 9.17) is 4.74 Å². The highest BCUT2D eigenvalue weighted by atomic mass is 16.5. The van der Waals surface area contributed by atoms with E-state index in [2.05, 4.69) is 22.4 Å². The van der Waals surface area contributed by atoms with E-state index in [0.717, 1.165) is 22.2 Å². The monoisotopic (exact) mass is 417 g/mol. The Balaban J connectivity index is 1.51. The molecule has 2 aromatic heterocycles. The van der Waals surface area contributed by atoms with Gasteiger partial charge < -0.3 is 10.1 Å². The number of carbonyl (C=O) groups is 1. The largest absolute Gasteiger partial charge is 0.496 e. The van der Waals surface area contributed by atoms with E-state index in [-0.39, 0.29) is 18.0 Å². The van der Waals surface area contributed by atoms with Crippen molar-refractivity contribution in [3.05, 3.63) is 82.4 Å². The van der Waals surface area contributed by atoms with Gasteiger partial charge in [-0.05, 0) is 24.1 Å². The Labute approximate surface area is 179 Å². The van der Waals surface area contributed by atoms with Gasteiger partial charge in [0.1, 0.15) is 24.1 Å². The van der Waals surface area contributed by atoms with Gasteiger partial charge in [-0.25, -0.2) is 9.20 Å². The van der Waals surface area contributed by atoms with Crippen LogP contribution in [0.5, 0.6) is 5.75 Å². The molecule has 0 spiro atoms. The average Bonchev–Trinajstić information content (AvgIpc) is 3.25. The molecule has 0 aliphatic heterocycles. The van der Waals surface area contributed by atoms with Gasteiger partial charge in [0.05, 0.1) is 12.8 Å². The number of rotatable bonds is 7. The molecule has 0 saturated carbocycles. The fraction of sp³-hybridized carbons (Fsp3) is 0.217. The second-order valence-electron chi connectivity index (χ2n) is 7.09. The van der Waals surface area contributed by atoms with Crippen molar-refractivity contribution >= 4 is 11.4 Å². The normalized spacial score (nSPS) is 10.9. The number of hydrogen-bond donors (Lipinski definition) is 1. The number of hydrogen-bond acceptors (Lipinski definition) is 5. The third kappa shape index (κ3) is 4.32. The number of benzene rings is 2. The van der Waals surface area contributed by atoms with Gasteiger partial charge in [0.2, 0.25) is 5.91 Å². The second kappa shape index (κ2) is 8.83. The molecule has 0 fully saturated rings. The Kier molecular flexibility index (Phi) is 5.79. The first-order valence-corrected chi connectivity index (χ1v) is 10.0. The third-order valence-electron chi connectivity index (χ3n) is 5.11. The number of para-hydroxylation sites is 1. The number of nitrogens with one attached hydrogen (secondary N) is 1. The minimum atomic E-state index is -0.376. The number of ether oxygens (including phenoxy) is 1. The number of amides is 1. The lowest BCUT2D eigenvalue weighted by Crippen LogP contribution is -2.34. The number of fused-ring (bicyclic) bond motifs is 1. The molecule has 0 aliphatic carbocycles. The Morgan fingerprint density at radius 3 is 2.65 bits per heavy atom. The van der Waals surface area contributed by atoms with Crippen LogP contribution in [0, 0.1) is 0 Å². The SMILES string of the molecule is CCc1ccc(-c2cc3c(=O)n(CC(=O)NCc4ccccc4OC)ncn3n2)cc1.